The normalized spacial score (nSPS) is 11.7. The Morgan fingerprint density at radius 3 is 2.43 bits per heavy atom. The highest BCUT2D eigenvalue weighted by Crippen LogP contribution is 2.10. The van der Waals surface area contributed by atoms with Crippen LogP contribution in [0.25, 0.3) is 0 Å². The van der Waals surface area contributed by atoms with Gasteiger partial charge in [0.05, 0.1) is 4.90 Å². The van der Waals surface area contributed by atoms with Crippen LogP contribution in [0.3, 0.4) is 0 Å². The van der Waals surface area contributed by atoms with Crippen molar-refractivity contribution in [2.75, 3.05) is 32.8 Å². The molecule has 0 aromatic heterocycles. The highest BCUT2D eigenvalue weighted by atomic mass is 32.2. The summed E-state index contributed by atoms with van der Waals surface area (Å²) in [5.41, 5.74) is 1.13. The standard InChI is InChI=1S/C15H26N2O3S/c1-3-16-12-10-14-6-8-15(9-7-14)21(18,19)17-11-5-13-20-4-2/h6-9,16-17H,3-5,10-13H2,1-2H3. The number of ether oxygens (including phenoxy) is 1. The number of likely N-dealkylation sites (N-methyl/N-ethyl adjacent to an activating group) is 1. The van der Waals surface area contributed by atoms with Crippen LogP contribution in [0.1, 0.15) is 25.8 Å². The third kappa shape index (κ3) is 7.04. The van der Waals surface area contributed by atoms with Gasteiger partial charge in [0.1, 0.15) is 0 Å². The quantitative estimate of drug-likeness (QED) is 0.608. The van der Waals surface area contributed by atoms with Crippen molar-refractivity contribution in [1.82, 2.24) is 10.0 Å². The fraction of sp³-hybridized carbons (Fsp3) is 0.600. The van der Waals surface area contributed by atoms with E-state index in [1.165, 1.54) is 0 Å². The maximum atomic E-state index is 12.1. The van der Waals surface area contributed by atoms with E-state index in [2.05, 4.69) is 17.0 Å². The zero-order chi connectivity index (χ0) is 15.6. The summed E-state index contributed by atoms with van der Waals surface area (Å²) in [7, 11) is -3.41. The molecule has 0 bridgehead atoms. The number of benzene rings is 1. The lowest BCUT2D eigenvalue weighted by Crippen LogP contribution is -2.25. The Balaban J connectivity index is 2.47. The Kier molecular flexibility index (Phi) is 8.52. The molecule has 2 N–H and O–H groups in total. The molecule has 0 spiro atoms. The summed E-state index contributed by atoms with van der Waals surface area (Å²) in [6.07, 6.45) is 1.57. The Hall–Kier alpha value is -0.950. The van der Waals surface area contributed by atoms with Gasteiger partial charge in [0.15, 0.2) is 0 Å². The predicted molar refractivity (Wildman–Crippen MR) is 85.0 cm³/mol. The van der Waals surface area contributed by atoms with E-state index in [0.29, 0.717) is 31.1 Å². The van der Waals surface area contributed by atoms with Gasteiger partial charge in [-0.25, -0.2) is 13.1 Å². The van der Waals surface area contributed by atoms with Crippen LogP contribution in [0, 0.1) is 0 Å². The summed E-state index contributed by atoms with van der Waals surface area (Å²) >= 11 is 0. The van der Waals surface area contributed by atoms with Crippen LogP contribution < -0.4 is 10.0 Å². The largest absolute Gasteiger partial charge is 0.382 e. The van der Waals surface area contributed by atoms with E-state index < -0.39 is 10.0 Å². The SMILES string of the molecule is CCNCCc1ccc(S(=O)(=O)NCCCOCC)cc1. The van der Waals surface area contributed by atoms with Crippen molar-refractivity contribution in [2.24, 2.45) is 0 Å². The fourth-order valence-electron chi connectivity index (χ4n) is 1.85. The molecule has 0 amide bonds. The molecule has 0 heterocycles. The van der Waals surface area contributed by atoms with Crippen LogP contribution >= 0.6 is 0 Å². The lowest BCUT2D eigenvalue weighted by molar-refractivity contribution is 0.146. The average molecular weight is 314 g/mol. The van der Waals surface area contributed by atoms with Crippen LogP contribution in [0.4, 0.5) is 0 Å². The zero-order valence-electron chi connectivity index (χ0n) is 12.9. The smallest absolute Gasteiger partial charge is 0.240 e. The lowest BCUT2D eigenvalue weighted by atomic mass is 10.1. The minimum absolute atomic E-state index is 0.311. The van der Waals surface area contributed by atoms with Gasteiger partial charge in [-0.2, -0.15) is 0 Å². The van der Waals surface area contributed by atoms with Gasteiger partial charge < -0.3 is 10.1 Å². The first kappa shape index (κ1) is 18.1. The van der Waals surface area contributed by atoms with E-state index in [4.69, 9.17) is 4.74 Å². The van der Waals surface area contributed by atoms with Crippen molar-refractivity contribution in [2.45, 2.75) is 31.6 Å². The molecule has 1 aromatic carbocycles. The monoisotopic (exact) mass is 314 g/mol. The molecule has 6 heteroatoms. The molecule has 5 nitrogen and oxygen atoms in total. The first-order valence-corrected chi connectivity index (χ1v) is 8.95. The maximum Gasteiger partial charge on any atom is 0.240 e. The van der Waals surface area contributed by atoms with Gasteiger partial charge in [0, 0.05) is 19.8 Å². The molecule has 120 valence electrons. The molecule has 0 fully saturated rings. The molecule has 0 atom stereocenters. The van der Waals surface area contributed by atoms with Crippen molar-refractivity contribution >= 4 is 10.0 Å². The van der Waals surface area contributed by atoms with Crippen LogP contribution in [0.5, 0.6) is 0 Å². The van der Waals surface area contributed by atoms with Crippen molar-refractivity contribution in [3.05, 3.63) is 29.8 Å². The fourth-order valence-corrected chi connectivity index (χ4v) is 2.93. The number of hydrogen-bond acceptors (Lipinski definition) is 4. The number of nitrogens with one attached hydrogen (secondary N) is 2. The third-order valence-corrected chi connectivity index (χ3v) is 4.51. The molecule has 0 aliphatic heterocycles. The minimum atomic E-state index is -3.41. The predicted octanol–water partition coefficient (Wildman–Crippen LogP) is 1.54. The second kappa shape index (κ2) is 9.89. The van der Waals surface area contributed by atoms with E-state index in [1.807, 2.05) is 19.1 Å². The van der Waals surface area contributed by atoms with Crippen LogP contribution in [0.15, 0.2) is 29.2 Å². The molecule has 21 heavy (non-hydrogen) atoms. The molecule has 0 aliphatic carbocycles. The van der Waals surface area contributed by atoms with Gasteiger partial charge in [-0.15, -0.1) is 0 Å². The van der Waals surface area contributed by atoms with Crippen molar-refractivity contribution in [1.29, 1.82) is 0 Å². The summed E-state index contributed by atoms with van der Waals surface area (Å²) < 4.78 is 31.9. The van der Waals surface area contributed by atoms with Crippen LogP contribution in [0.2, 0.25) is 0 Å². The molecular formula is C15H26N2O3S. The van der Waals surface area contributed by atoms with Gasteiger partial charge >= 0.3 is 0 Å². The maximum absolute atomic E-state index is 12.1. The number of rotatable bonds is 11. The van der Waals surface area contributed by atoms with Gasteiger partial charge in [-0.1, -0.05) is 19.1 Å². The number of sulfonamides is 1. The summed E-state index contributed by atoms with van der Waals surface area (Å²) in [5, 5.41) is 3.24. The first-order chi connectivity index (χ1) is 10.1. The van der Waals surface area contributed by atoms with Gasteiger partial charge in [-0.3, -0.25) is 0 Å². The van der Waals surface area contributed by atoms with E-state index in [9.17, 15) is 8.42 Å². The molecule has 1 rings (SSSR count). The zero-order valence-corrected chi connectivity index (χ0v) is 13.7. The van der Waals surface area contributed by atoms with Gasteiger partial charge in [0.2, 0.25) is 10.0 Å². The second-order valence-corrected chi connectivity index (χ2v) is 6.46. The van der Waals surface area contributed by atoms with Crippen LogP contribution in [-0.4, -0.2) is 41.3 Å². The summed E-state index contributed by atoms with van der Waals surface area (Å²) in [5.74, 6) is 0. The molecule has 0 saturated carbocycles. The molecular weight excluding hydrogens is 288 g/mol. The van der Waals surface area contributed by atoms with Crippen molar-refractivity contribution in [3.8, 4) is 0 Å². The topological polar surface area (TPSA) is 67.4 Å². The van der Waals surface area contributed by atoms with Crippen molar-refractivity contribution in [3.63, 3.8) is 0 Å². The van der Waals surface area contributed by atoms with Crippen molar-refractivity contribution < 1.29 is 13.2 Å². The Bertz CT molecular complexity index is 486. The van der Waals surface area contributed by atoms with E-state index in [0.717, 1.165) is 25.1 Å². The van der Waals surface area contributed by atoms with E-state index >= 15 is 0 Å². The van der Waals surface area contributed by atoms with E-state index in [1.54, 1.807) is 12.1 Å². The van der Waals surface area contributed by atoms with Crippen LogP contribution in [-0.2, 0) is 21.2 Å². The molecule has 0 saturated heterocycles. The summed E-state index contributed by atoms with van der Waals surface area (Å²) in [6, 6.07) is 7.05. The Morgan fingerprint density at radius 1 is 1.10 bits per heavy atom. The third-order valence-electron chi connectivity index (χ3n) is 3.04. The molecule has 0 unspecified atom stereocenters. The Labute approximate surface area is 128 Å². The van der Waals surface area contributed by atoms with Gasteiger partial charge in [-0.05, 0) is 50.6 Å². The second-order valence-electron chi connectivity index (χ2n) is 4.70. The lowest BCUT2D eigenvalue weighted by Gasteiger charge is -2.08. The minimum Gasteiger partial charge on any atom is -0.382 e. The number of hydrogen-bond donors (Lipinski definition) is 2. The molecule has 1 aromatic rings. The first-order valence-electron chi connectivity index (χ1n) is 7.47. The summed E-state index contributed by atoms with van der Waals surface area (Å²) in [6.45, 7) is 7.44. The molecule has 0 aliphatic rings. The van der Waals surface area contributed by atoms with E-state index in [-0.39, 0.29) is 0 Å². The average Bonchev–Trinajstić information content (AvgIpc) is 2.48. The molecule has 0 radical (unpaired) electrons. The Morgan fingerprint density at radius 2 is 1.81 bits per heavy atom. The highest BCUT2D eigenvalue weighted by molar-refractivity contribution is 7.89. The highest BCUT2D eigenvalue weighted by Gasteiger charge is 2.12. The summed E-state index contributed by atoms with van der Waals surface area (Å²) in [4.78, 5) is 0.311. The van der Waals surface area contributed by atoms with Gasteiger partial charge in [0.25, 0.3) is 0 Å².